The molecule has 2 saturated heterocycles. The molecule has 3 atom stereocenters. The summed E-state index contributed by atoms with van der Waals surface area (Å²) < 4.78 is 7.11. The molecule has 1 spiro atoms. The standard InChI is InChI=1S/C28H20BrNO5/c1-2-15-7-9-16(10-8-15)23-21-22(27(34)30(26(21)33)18-13-11-17(29)12-14-18)28(35-23)24(31)19-5-3-4-6-20(19)25(28)32/h3-14,21-23H,2H2,1H3/t21-,22-,23+/m0/s1. The summed E-state index contributed by atoms with van der Waals surface area (Å²) in [5.41, 5.74) is 0.539. The molecule has 7 heteroatoms. The molecular formula is C28H20BrNO5. The zero-order valence-electron chi connectivity index (χ0n) is 18.7. The number of ketones is 2. The minimum Gasteiger partial charge on any atom is -0.349 e. The van der Waals surface area contributed by atoms with Crippen LogP contribution >= 0.6 is 15.9 Å². The summed E-state index contributed by atoms with van der Waals surface area (Å²) in [5, 5.41) is 0. The molecule has 0 aromatic heterocycles. The maximum absolute atomic E-state index is 13.9. The first-order chi connectivity index (χ1) is 16.9. The molecule has 6 rings (SSSR count). The second-order valence-electron chi connectivity index (χ2n) is 9.06. The van der Waals surface area contributed by atoms with E-state index < -0.39 is 46.9 Å². The summed E-state index contributed by atoms with van der Waals surface area (Å²) in [4.78, 5) is 56.3. The molecule has 0 saturated carbocycles. The van der Waals surface area contributed by atoms with Gasteiger partial charge in [0, 0.05) is 15.6 Å². The number of amides is 2. The lowest BCUT2D eigenvalue weighted by molar-refractivity contribution is -0.127. The monoisotopic (exact) mass is 529 g/mol. The Morgan fingerprint density at radius 1 is 0.829 bits per heavy atom. The summed E-state index contributed by atoms with van der Waals surface area (Å²) >= 11 is 3.37. The van der Waals surface area contributed by atoms with Crippen molar-refractivity contribution in [3.05, 3.63) is 99.5 Å². The number of imide groups is 1. The van der Waals surface area contributed by atoms with Gasteiger partial charge in [0.05, 0.1) is 23.6 Å². The Balaban J connectivity index is 1.53. The van der Waals surface area contributed by atoms with Gasteiger partial charge in [-0.1, -0.05) is 71.4 Å². The molecule has 1 aliphatic carbocycles. The average Bonchev–Trinajstić information content (AvgIpc) is 3.45. The van der Waals surface area contributed by atoms with Crippen molar-refractivity contribution in [1.82, 2.24) is 0 Å². The molecule has 35 heavy (non-hydrogen) atoms. The summed E-state index contributed by atoms with van der Waals surface area (Å²) in [6.07, 6.45) is -0.0759. The molecule has 2 fully saturated rings. The van der Waals surface area contributed by atoms with Crippen molar-refractivity contribution in [3.63, 3.8) is 0 Å². The molecule has 3 aromatic carbocycles. The lowest BCUT2D eigenvalue weighted by Crippen LogP contribution is -2.51. The molecule has 2 amide bonds. The second-order valence-corrected chi connectivity index (χ2v) is 9.98. The van der Waals surface area contributed by atoms with Crippen LogP contribution < -0.4 is 4.90 Å². The highest BCUT2D eigenvalue weighted by molar-refractivity contribution is 9.10. The molecule has 0 unspecified atom stereocenters. The number of nitrogens with zero attached hydrogens (tertiary/aromatic N) is 1. The van der Waals surface area contributed by atoms with Crippen LogP contribution in [0.25, 0.3) is 0 Å². The Bertz CT molecular complexity index is 1380. The fourth-order valence-corrected chi connectivity index (χ4v) is 5.87. The van der Waals surface area contributed by atoms with Crippen LogP contribution in [0, 0.1) is 11.8 Å². The Kier molecular flexibility index (Phi) is 4.92. The third-order valence-electron chi connectivity index (χ3n) is 7.32. The number of carbonyl (C=O) groups is 4. The number of rotatable bonds is 3. The Labute approximate surface area is 210 Å². The highest BCUT2D eigenvalue weighted by Crippen LogP contribution is 2.57. The van der Waals surface area contributed by atoms with Gasteiger partial charge in [0.2, 0.25) is 29.0 Å². The summed E-state index contributed by atoms with van der Waals surface area (Å²) in [7, 11) is 0. The number of ether oxygens (including phenoxy) is 1. The average molecular weight is 530 g/mol. The summed E-state index contributed by atoms with van der Waals surface area (Å²) in [5.74, 6) is -4.42. The molecule has 2 aliphatic heterocycles. The van der Waals surface area contributed by atoms with Crippen molar-refractivity contribution in [3.8, 4) is 0 Å². The largest absolute Gasteiger partial charge is 0.349 e. The molecular weight excluding hydrogens is 510 g/mol. The lowest BCUT2D eigenvalue weighted by atomic mass is 9.77. The van der Waals surface area contributed by atoms with Crippen LogP contribution in [-0.4, -0.2) is 29.0 Å². The number of halogens is 1. The highest BCUT2D eigenvalue weighted by atomic mass is 79.9. The van der Waals surface area contributed by atoms with E-state index in [0.717, 1.165) is 21.4 Å². The van der Waals surface area contributed by atoms with E-state index in [1.165, 1.54) is 0 Å². The predicted molar refractivity (Wildman–Crippen MR) is 131 cm³/mol. The smallest absolute Gasteiger partial charge is 0.241 e. The third-order valence-corrected chi connectivity index (χ3v) is 7.85. The molecule has 0 N–H and O–H groups in total. The van der Waals surface area contributed by atoms with Gasteiger partial charge in [0.25, 0.3) is 0 Å². The van der Waals surface area contributed by atoms with Crippen molar-refractivity contribution >= 4 is 45.0 Å². The van der Waals surface area contributed by atoms with Crippen molar-refractivity contribution in [2.24, 2.45) is 11.8 Å². The Morgan fingerprint density at radius 3 is 2.00 bits per heavy atom. The predicted octanol–water partition coefficient (Wildman–Crippen LogP) is 4.71. The quantitative estimate of drug-likeness (QED) is 0.362. The van der Waals surface area contributed by atoms with Crippen molar-refractivity contribution in [2.45, 2.75) is 25.0 Å². The van der Waals surface area contributed by atoms with Crippen LogP contribution in [0.1, 0.15) is 44.9 Å². The summed E-state index contributed by atoms with van der Waals surface area (Å²) in [6.45, 7) is 2.04. The van der Waals surface area contributed by atoms with Crippen LogP contribution in [0.5, 0.6) is 0 Å². The summed E-state index contributed by atoms with van der Waals surface area (Å²) in [6, 6.07) is 20.8. The maximum atomic E-state index is 13.9. The van der Waals surface area contributed by atoms with Gasteiger partial charge in [0.15, 0.2) is 0 Å². The number of benzene rings is 3. The zero-order valence-corrected chi connectivity index (χ0v) is 20.3. The van der Waals surface area contributed by atoms with Gasteiger partial charge in [-0.25, -0.2) is 4.90 Å². The van der Waals surface area contributed by atoms with Crippen LogP contribution in [-0.2, 0) is 20.7 Å². The molecule has 174 valence electrons. The molecule has 0 radical (unpaired) electrons. The Hall–Kier alpha value is -3.42. The highest BCUT2D eigenvalue weighted by Gasteiger charge is 2.74. The van der Waals surface area contributed by atoms with Gasteiger partial charge in [-0.05, 0) is 41.8 Å². The van der Waals surface area contributed by atoms with E-state index in [1.54, 1.807) is 48.5 Å². The molecule has 0 bridgehead atoms. The van der Waals surface area contributed by atoms with Gasteiger partial charge in [-0.15, -0.1) is 0 Å². The van der Waals surface area contributed by atoms with Gasteiger partial charge in [-0.2, -0.15) is 0 Å². The number of Topliss-reactive ketones (excluding diaryl/α,β-unsaturated/α-hetero) is 2. The normalized spacial score (nSPS) is 24.4. The molecule has 3 aromatic rings. The number of anilines is 1. The number of hydrogen-bond acceptors (Lipinski definition) is 5. The Morgan fingerprint density at radius 2 is 1.43 bits per heavy atom. The van der Waals surface area contributed by atoms with E-state index in [2.05, 4.69) is 15.9 Å². The van der Waals surface area contributed by atoms with E-state index in [9.17, 15) is 19.2 Å². The van der Waals surface area contributed by atoms with Gasteiger partial charge in [-0.3, -0.25) is 19.2 Å². The minimum atomic E-state index is -2.06. The van der Waals surface area contributed by atoms with E-state index >= 15 is 0 Å². The first kappa shape index (κ1) is 22.1. The van der Waals surface area contributed by atoms with Crippen molar-refractivity contribution in [1.29, 1.82) is 0 Å². The van der Waals surface area contributed by atoms with Crippen LogP contribution in [0.3, 0.4) is 0 Å². The van der Waals surface area contributed by atoms with Gasteiger partial charge >= 0.3 is 0 Å². The van der Waals surface area contributed by atoms with E-state index in [0.29, 0.717) is 11.3 Å². The SMILES string of the molecule is CCc1ccc([C@H]2OC3(C(=O)c4ccccc4C3=O)[C@@H]3C(=O)N(c4ccc(Br)cc4)C(=O)[C@H]23)cc1. The fourth-order valence-electron chi connectivity index (χ4n) is 5.61. The van der Waals surface area contributed by atoms with E-state index in [1.807, 2.05) is 31.2 Å². The first-order valence-corrected chi connectivity index (χ1v) is 12.3. The number of fused-ring (bicyclic) bond motifs is 3. The van der Waals surface area contributed by atoms with Crippen LogP contribution in [0.15, 0.2) is 77.3 Å². The fraction of sp³-hybridized carbons (Fsp3) is 0.214. The number of hydrogen-bond donors (Lipinski definition) is 0. The zero-order chi connectivity index (χ0) is 24.5. The minimum absolute atomic E-state index is 0.223. The number of aryl methyl sites for hydroxylation is 1. The molecule has 2 heterocycles. The van der Waals surface area contributed by atoms with Gasteiger partial charge < -0.3 is 4.74 Å². The van der Waals surface area contributed by atoms with Crippen LogP contribution in [0.2, 0.25) is 0 Å². The number of carbonyl (C=O) groups excluding carboxylic acids is 4. The topological polar surface area (TPSA) is 80.8 Å². The first-order valence-electron chi connectivity index (χ1n) is 11.5. The van der Waals surface area contributed by atoms with Crippen molar-refractivity contribution in [2.75, 3.05) is 4.90 Å². The molecule has 6 nitrogen and oxygen atoms in total. The second kappa shape index (κ2) is 7.80. The van der Waals surface area contributed by atoms with Crippen molar-refractivity contribution < 1.29 is 23.9 Å². The molecule has 3 aliphatic rings. The van der Waals surface area contributed by atoms with E-state index in [4.69, 9.17) is 4.74 Å². The lowest BCUT2D eigenvalue weighted by Gasteiger charge is -2.27. The van der Waals surface area contributed by atoms with Gasteiger partial charge in [0.1, 0.15) is 0 Å². The third kappa shape index (κ3) is 2.91. The van der Waals surface area contributed by atoms with Crippen LogP contribution in [0.4, 0.5) is 5.69 Å². The van der Waals surface area contributed by atoms with E-state index in [-0.39, 0.29) is 11.1 Å². The maximum Gasteiger partial charge on any atom is 0.241 e.